The van der Waals surface area contributed by atoms with Crippen molar-refractivity contribution >= 4 is 69.6 Å². The molecule has 0 nitrogen and oxygen atoms in total. The van der Waals surface area contributed by atoms with Crippen LogP contribution in [-0.2, 0) is 0 Å². The highest BCUT2D eigenvalue weighted by molar-refractivity contribution is 6.33. The van der Waals surface area contributed by atoms with Crippen molar-refractivity contribution in [1.82, 2.24) is 0 Å². The first-order valence-electron chi connectivity index (χ1n) is 5.18. The van der Waals surface area contributed by atoms with Crippen LogP contribution in [0, 0.1) is 0 Å². The molecule has 5 unspecified atom stereocenters. The highest BCUT2D eigenvalue weighted by Crippen LogP contribution is 2.27. The summed E-state index contributed by atoms with van der Waals surface area (Å²) in [6.45, 7) is 1.98. The molecule has 0 rings (SSSR count). The van der Waals surface area contributed by atoms with Gasteiger partial charge < -0.3 is 0 Å². The third kappa shape index (κ3) is 7.24. The quantitative estimate of drug-likeness (QED) is 0.511. The Labute approximate surface area is 128 Å². The highest BCUT2D eigenvalue weighted by atomic mass is 35.5. The molecule has 0 saturated carbocycles. The molecule has 0 spiro atoms. The van der Waals surface area contributed by atoms with E-state index in [1.54, 1.807) is 0 Å². The Morgan fingerprint density at radius 3 is 1.62 bits per heavy atom. The lowest BCUT2D eigenvalue weighted by molar-refractivity contribution is 0.610. The fourth-order valence-corrected chi connectivity index (χ4v) is 2.81. The van der Waals surface area contributed by atoms with E-state index in [4.69, 9.17) is 69.6 Å². The molecule has 0 amide bonds. The maximum atomic E-state index is 6.15. The summed E-state index contributed by atoms with van der Waals surface area (Å²) in [5.41, 5.74) is 0. The van der Waals surface area contributed by atoms with E-state index < -0.39 is 0 Å². The molecule has 0 aromatic rings. The smallest absolute Gasteiger partial charge is 0.0514 e. The number of rotatable bonds is 8. The normalized spacial score (nSPS) is 21.2. The van der Waals surface area contributed by atoms with Gasteiger partial charge in [-0.15, -0.1) is 69.6 Å². The van der Waals surface area contributed by atoms with E-state index in [0.717, 1.165) is 6.42 Å². The van der Waals surface area contributed by atoms with Gasteiger partial charge in [-0.05, 0) is 19.3 Å². The van der Waals surface area contributed by atoms with Crippen LogP contribution in [0.15, 0.2) is 0 Å². The van der Waals surface area contributed by atoms with E-state index in [1.807, 2.05) is 6.92 Å². The molecule has 0 aliphatic rings. The molecule has 0 aromatic carbocycles. The van der Waals surface area contributed by atoms with E-state index in [9.17, 15) is 0 Å². The molecular formula is C10H16Cl6. The molecule has 6 heteroatoms. The molecule has 98 valence electrons. The van der Waals surface area contributed by atoms with E-state index >= 15 is 0 Å². The largest absolute Gasteiger partial charge is 0.125 e. The Balaban J connectivity index is 3.99. The van der Waals surface area contributed by atoms with Gasteiger partial charge in [-0.1, -0.05) is 6.92 Å². The van der Waals surface area contributed by atoms with Crippen molar-refractivity contribution in [3.05, 3.63) is 0 Å². The zero-order chi connectivity index (χ0) is 12.7. The van der Waals surface area contributed by atoms with Gasteiger partial charge in [-0.2, -0.15) is 0 Å². The molecule has 0 aliphatic carbocycles. The minimum Gasteiger partial charge on any atom is -0.125 e. The lowest BCUT2D eigenvalue weighted by atomic mass is 10.1. The lowest BCUT2D eigenvalue weighted by Crippen LogP contribution is -2.26. The van der Waals surface area contributed by atoms with Crippen molar-refractivity contribution in [2.24, 2.45) is 0 Å². The van der Waals surface area contributed by atoms with Crippen LogP contribution in [0.2, 0.25) is 0 Å². The Bertz CT molecular complexity index is 177. The zero-order valence-corrected chi connectivity index (χ0v) is 13.5. The van der Waals surface area contributed by atoms with Crippen molar-refractivity contribution in [2.45, 2.75) is 53.1 Å². The average Bonchev–Trinajstić information content (AvgIpc) is 2.27. The summed E-state index contributed by atoms with van der Waals surface area (Å²) in [5, 5.41) is -0.865. The van der Waals surface area contributed by atoms with Crippen molar-refractivity contribution in [1.29, 1.82) is 0 Å². The van der Waals surface area contributed by atoms with Crippen LogP contribution in [0.25, 0.3) is 0 Å². The molecule has 5 atom stereocenters. The average molecular weight is 349 g/mol. The Kier molecular flexibility index (Phi) is 10.7. The monoisotopic (exact) mass is 346 g/mol. The zero-order valence-electron chi connectivity index (χ0n) is 8.98. The predicted octanol–water partition coefficient (Wildman–Crippen LogP) is 5.45. The van der Waals surface area contributed by atoms with Crippen LogP contribution >= 0.6 is 69.6 Å². The van der Waals surface area contributed by atoms with Crippen molar-refractivity contribution < 1.29 is 0 Å². The molecule has 0 saturated heterocycles. The standard InChI is InChI=1S/C10H16Cl6/c1-2-7(13)9(15)4-10(16)8(14)3-6(12)5-11/h6-10H,2-5H2,1H3. The van der Waals surface area contributed by atoms with Crippen LogP contribution in [0.1, 0.15) is 26.2 Å². The summed E-state index contributed by atoms with van der Waals surface area (Å²) in [4.78, 5) is 0. The van der Waals surface area contributed by atoms with E-state index in [-0.39, 0.29) is 26.9 Å². The second-order valence-electron chi connectivity index (χ2n) is 3.70. The number of alkyl halides is 6. The Morgan fingerprint density at radius 2 is 1.19 bits per heavy atom. The minimum absolute atomic E-state index is 0.0772. The molecule has 0 fully saturated rings. The molecule has 0 bridgehead atoms. The van der Waals surface area contributed by atoms with Gasteiger partial charge in [-0.25, -0.2) is 0 Å². The van der Waals surface area contributed by atoms with Gasteiger partial charge in [0.1, 0.15) is 0 Å². The lowest BCUT2D eigenvalue weighted by Gasteiger charge is -2.22. The first kappa shape index (κ1) is 17.7. The molecule has 0 aromatic heterocycles. The van der Waals surface area contributed by atoms with E-state index in [2.05, 4.69) is 0 Å². The van der Waals surface area contributed by atoms with Crippen molar-refractivity contribution in [3.63, 3.8) is 0 Å². The molecule has 0 aliphatic heterocycles. The number of hydrogen-bond donors (Lipinski definition) is 0. The SMILES string of the molecule is CCC(Cl)C(Cl)CC(Cl)C(Cl)CC(Cl)CCl. The third-order valence-electron chi connectivity index (χ3n) is 2.27. The third-order valence-corrected chi connectivity index (χ3v) is 5.45. The van der Waals surface area contributed by atoms with Crippen molar-refractivity contribution in [2.75, 3.05) is 5.88 Å². The molecule has 16 heavy (non-hydrogen) atoms. The molecular weight excluding hydrogens is 333 g/mol. The van der Waals surface area contributed by atoms with E-state index in [1.165, 1.54) is 0 Å². The fourth-order valence-electron chi connectivity index (χ4n) is 1.22. The van der Waals surface area contributed by atoms with Gasteiger partial charge >= 0.3 is 0 Å². The molecule has 0 radical (unpaired) electrons. The topological polar surface area (TPSA) is 0 Å². The first-order chi connectivity index (χ1) is 7.42. The summed E-state index contributed by atoms with van der Waals surface area (Å²) in [5.74, 6) is 0.367. The summed E-state index contributed by atoms with van der Waals surface area (Å²) in [6, 6.07) is 0. The second kappa shape index (κ2) is 9.64. The van der Waals surface area contributed by atoms with Gasteiger partial charge in [0.05, 0.1) is 16.1 Å². The number of hydrogen-bond acceptors (Lipinski definition) is 0. The van der Waals surface area contributed by atoms with Gasteiger partial charge in [0.2, 0.25) is 0 Å². The molecule has 0 heterocycles. The van der Waals surface area contributed by atoms with Crippen LogP contribution in [0.3, 0.4) is 0 Å². The summed E-state index contributed by atoms with van der Waals surface area (Å²) < 4.78 is 0. The van der Waals surface area contributed by atoms with Crippen molar-refractivity contribution in [3.8, 4) is 0 Å². The summed E-state index contributed by atoms with van der Waals surface area (Å²) >= 11 is 35.9. The van der Waals surface area contributed by atoms with Crippen LogP contribution in [0.4, 0.5) is 0 Å². The maximum Gasteiger partial charge on any atom is 0.0514 e. The first-order valence-corrected chi connectivity index (χ1v) is 7.90. The maximum absolute atomic E-state index is 6.15. The van der Waals surface area contributed by atoms with Crippen LogP contribution in [0.5, 0.6) is 0 Å². The minimum atomic E-state index is -0.235. The van der Waals surface area contributed by atoms with Gasteiger partial charge in [-0.3, -0.25) is 0 Å². The van der Waals surface area contributed by atoms with Gasteiger partial charge in [0, 0.05) is 16.6 Å². The molecule has 0 N–H and O–H groups in total. The summed E-state index contributed by atoms with van der Waals surface area (Å²) in [7, 11) is 0. The van der Waals surface area contributed by atoms with Crippen LogP contribution < -0.4 is 0 Å². The predicted molar refractivity (Wildman–Crippen MR) is 78.5 cm³/mol. The van der Waals surface area contributed by atoms with Gasteiger partial charge in [0.15, 0.2) is 0 Å². The Morgan fingerprint density at radius 1 is 0.750 bits per heavy atom. The van der Waals surface area contributed by atoms with Crippen LogP contribution in [-0.4, -0.2) is 32.8 Å². The Hall–Kier alpha value is 1.74. The number of halogens is 6. The van der Waals surface area contributed by atoms with E-state index in [0.29, 0.717) is 18.7 Å². The summed E-state index contributed by atoms with van der Waals surface area (Å²) in [6.07, 6.45) is 1.96. The highest BCUT2D eigenvalue weighted by Gasteiger charge is 2.25. The van der Waals surface area contributed by atoms with Gasteiger partial charge in [0.25, 0.3) is 0 Å². The fraction of sp³-hybridized carbons (Fsp3) is 1.00. The second-order valence-corrected chi connectivity index (χ2v) is 6.86.